The Kier molecular flexibility index (Phi) is 12.1. The SMILES string of the molecule is CC(=O)CC(=O)CCc1ccc(CCCCC(=O)N[C@@H](CCN2C3CCC2CC(n2c(C)nnc2C(C)C)C3)c2ccccc2)cc1. The van der Waals surface area contributed by atoms with Crippen LogP contribution in [0.25, 0.3) is 0 Å². The Bertz CT molecular complexity index is 1470. The summed E-state index contributed by atoms with van der Waals surface area (Å²) in [7, 11) is 0. The second-order valence-corrected chi connectivity index (χ2v) is 14.1. The zero-order chi connectivity index (χ0) is 33.3. The number of unbranched alkanes of at least 4 members (excludes halogenated alkanes) is 1. The Morgan fingerprint density at radius 1 is 0.851 bits per heavy atom. The molecule has 5 rings (SSSR count). The number of nitrogens with one attached hydrogen (secondary N) is 1. The van der Waals surface area contributed by atoms with Crippen LogP contribution in [0.1, 0.15) is 131 Å². The molecule has 3 atom stereocenters. The fourth-order valence-corrected chi connectivity index (χ4v) is 7.74. The first kappa shape index (κ1) is 34.7. The maximum atomic E-state index is 13.2. The van der Waals surface area contributed by atoms with Gasteiger partial charge in [-0.1, -0.05) is 68.4 Å². The number of carbonyl (C=O) groups excluding carboxylic acids is 3. The molecule has 2 aromatic carbocycles. The van der Waals surface area contributed by atoms with Crippen molar-refractivity contribution in [1.82, 2.24) is 25.0 Å². The maximum absolute atomic E-state index is 13.2. The van der Waals surface area contributed by atoms with Crippen LogP contribution >= 0.6 is 0 Å². The summed E-state index contributed by atoms with van der Waals surface area (Å²) in [6.45, 7) is 8.94. The van der Waals surface area contributed by atoms with Gasteiger partial charge in [0.15, 0.2) is 0 Å². The number of aryl methyl sites for hydroxylation is 3. The zero-order valence-electron chi connectivity index (χ0n) is 28.8. The summed E-state index contributed by atoms with van der Waals surface area (Å²) >= 11 is 0. The van der Waals surface area contributed by atoms with Gasteiger partial charge in [-0.3, -0.25) is 19.3 Å². The van der Waals surface area contributed by atoms with Crippen LogP contribution in [0.5, 0.6) is 0 Å². The van der Waals surface area contributed by atoms with Gasteiger partial charge in [-0.25, -0.2) is 0 Å². The molecule has 3 heterocycles. The Balaban J connectivity index is 1.08. The molecule has 8 heteroatoms. The van der Waals surface area contributed by atoms with Crippen LogP contribution in [-0.2, 0) is 27.2 Å². The highest BCUT2D eigenvalue weighted by molar-refractivity contribution is 5.97. The lowest BCUT2D eigenvalue weighted by molar-refractivity contribution is -0.126. The van der Waals surface area contributed by atoms with Crippen LogP contribution in [0, 0.1) is 6.92 Å². The quantitative estimate of drug-likeness (QED) is 0.126. The first-order valence-corrected chi connectivity index (χ1v) is 17.8. The summed E-state index contributed by atoms with van der Waals surface area (Å²) in [6.07, 6.45) is 10.00. The van der Waals surface area contributed by atoms with Gasteiger partial charge in [0.25, 0.3) is 0 Å². The van der Waals surface area contributed by atoms with E-state index in [2.05, 4.69) is 94.3 Å². The minimum Gasteiger partial charge on any atom is -0.349 e. The molecule has 2 aliphatic heterocycles. The van der Waals surface area contributed by atoms with Gasteiger partial charge in [-0.15, -0.1) is 10.2 Å². The van der Waals surface area contributed by atoms with Crippen LogP contribution in [-0.4, -0.2) is 55.8 Å². The van der Waals surface area contributed by atoms with E-state index in [0.717, 1.165) is 62.3 Å². The monoisotopic (exact) mass is 639 g/mol. The van der Waals surface area contributed by atoms with E-state index >= 15 is 0 Å². The van der Waals surface area contributed by atoms with Crippen LogP contribution in [0.3, 0.4) is 0 Å². The molecule has 252 valence electrons. The maximum Gasteiger partial charge on any atom is 0.220 e. The summed E-state index contributed by atoms with van der Waals surface area (Å²) in [5, 5.41) is 12.3. The molecule has 1 N–H and O–H groups in total. The Morgan fingerprint density at radius 3 is 2.15 bits per heavy atom. The van der Waals surface area contributed by atoms with Gasteiger partial charge in [0, 0.05) is 43.4 Å². The van der Waals surface area contributed by atoms with Gasteiger partial charge in [0.1, 0.15) is 23.2 Å². The molecule has 2 saturated heterocycles. The molecule has 3 aromatic rings. The zero-order valence-corrected chi connectivity index (χ0v) is 28.8. The number of nitrogens with zero attached hydrogens (tertiary/aromatic N) is 4. The van der Waals surface area contributed by atoms with E-state index in [1.807, 2.05) is 6.07 Å². The largest absolute Gasteiger partial charge is 0.349 e. The standard InChI is InChI=1S/C39H53N5O3/c1-27(2)39-42-41-29(4)44(39)35-25-33-19-20-34(26-35)43(33)23-22-37(32-11-6-5-7-12-32)40-38(47)13-9-8-10-30-14-16-31(17-15-30)18-21-36(46)24-28(3)45/h5-7,11-12,14-17,27,33-35,37H,8-10,13,18-26H2,1-4H3,(H,40,47)/t33?,34?,35?,37-/m0/s1. The number of carbonyl (C=O) groups is 3. The molecule has 2 unspecified atom stereocenters. The van der Waals surface area contributed by atoms with Gasteiger partial charge >= 0.3 is 0 Å². The number of benzene rings is 2. The highest BCUT2D eigenvalue weighted by atomic mass is 16.2. The second kappa shape index (κ2) is 16.4. The number of hydrogen-bond acceptors (Lipinski definition) is 6. The number of hydrogen-bond donors (Lipinski definition) is 1. The number of rotatable bonds is 17. The van der Waals surface area contributed by atoms with Crippen molar-refractivity contribution in [2.45, 2.75) is 135 Å². The van der Waals surface area contributed by atoms with E-state index in [1.165, 1.54) is 30.9 Å². The average Bonchev–Trinajstić information content (AvgIpc) is 3.55. The van der Waals surface area contributed by atoms with Crippen molar-refractivity contribution in [3.8, 4) is 0 Å². The Labute approximate surface area is 280 Å². The Morgan fingerprint density at radius 2 is 1.51 bits per heavy atom. The third-order valence-electron chi connectivity index (χ3n) is 10.1. The predicted octanol–water partition coefficient (Wildman–Crippen LogP) is 7.02. The average molecular weight is 640 g/mol. The predicted molar refractivity (Wildman–Crippen MR) is 185 cm³/mol. The Hall–Kier alpha value is -3.65. The number of aromatic nitrogens is 3. The van der Waals surface area contributed by atoms with Crippen molar-refractivity contribution >= 4 is 17.5 Å². The van der Waals surface area contributed by atoms with Crippen LogP contribution in [0.15, 0.2) is 54.6 Å². The van der Waals surface area contributed by atoms with Crippen molar-refractivity contribution in [2.24, 2.45) is 0 Å². The molecule has 2 aliphatic rings. The number of piperidine rings is 1. The molecule has 8 nitrogen and oxygen atoms in total. The van der Waals surface area contributed by atoms with Crippen molar-refractivity contribution in [3.05, 3.63) is 82.9 Å². The lowest BCUT2D eigenvalue weighted by Gasteiger charge is -2.40. The molecule has 1 aromatic heterocycles. The molecule has 2 fully saturated rings. The number of fused-ring (bicyclic) bond motifs is 2. The van der Waals surface area contributed by atoms with E-state index in [0.29, 0.717) is 43.3 Å². The highest BCUT2D eigenvalue weighted by Crippen LogP contribution is 2.42. The van der Waals surface area contributed by atoms with Gasteiger partial charge in [-0.2, -0.15) is 0 Å². The number of ketones is 2. The van der Waals surface area contributed by atoms with E-state index in [9.17, 15) is 14.4 Å². The lowest BCUT2D eigenvalue weighted by atomic mass is 9.95. The van der Waals surface area contributed by atoms with Crippen molar-refractivity contribution < 1.29 is 14.4 Å². The summed E-state index contributed by atoms with van der Waals surface area (Å²) in [5.74, 6) is 2.55. The molecule has 0 spiro atoms. The fraction of sp³-hybridized carbons (Fsp3) is 0.564. The molecule has 1 amide bonds. The molecule has 2 bridgehead atoms. The summed E-state index contributed by atoms with van der Waals surface area (Å²) in [6, 6.07) is 20.4. The highest BCUT2D eigenvalue weighted by Gasteiger charge is 2.42. The van der Waals surface area contributed by atoms with Crippen LogP contribution in [0.2, 0.25) is 0 Å². The lowest BCUT2D eigenvalue weighted by Crippen LogP contribution is -2.45. The third-order valence-corrected chi connectivity index (χ3v) is 10.1. The number of Topliss-reactive ketones (excluding diaryl/α,β-unsaturated/α-hetero) is 2. The third kappa shape index (κ3) is 9.47. The van der Waals surface area contributed by atoms with Crippen molar-refractivity contribution in [1.29, 1.82) is 0 Å². The van der Waals surface area contributed by atoms with Gasteiger partial charge in [0.05, 0.1) is 12.5 Å². The second-order valence-electron chi connectivity index (χ2n) is 14.1. The van der Waals surface area contributed by atoms with Crippen LogP contribution < -0.4 is 5.32 Å². The first-order chi connectivity index (χ1) is 22.7. The minimum absolute atomic E-state index is 0.000833. The van der Waals surface area contributed by atoms with Crippen molar-refractivity contribution in [3.63, 3.8) is 0 Å². The summed E-state index contributed by atoms with van der Waals surface area (Å²) in [4.78, 5) is 38.9. The van der Waals surface area contributed by atoms with Gasteiger partial charge in [-0.05, 0) is 88.3 Å². The van der Waals surface area contributed by atoms with Crippen LogP contribution in [0.4, 0.5) is 0 Å². The van der Waals surface area contributed by atoms with E-state index in [4.69, 9.17) is 0 Å². The molecule has 0 aliphatic carbocycles. The van der Waals surface area contributed by atoms with E-state index in [-0.39, 0.29) is 29.9 Å². The topological polar surface area (TPSA) is 97.2 Å². The molecule has 47 heavy (non-hydrogen) atoms. The normalized spacial score (nSPS) is 20.0. The van der Waals surface area contributed by atoms with Gasteiger partial charge in [0.2, 0.25) is 5.91 Å². The summed E-state index contributed by atoms with van der Waals surface area (Å²) in [5.41, 5.74) is 3.53. The first-order valence-electron chi connectivity index (χ1n) is 17.8. The van der Waals surface area contributed by atoms with E-state index < -0.39 is 0 Å². The minimum atomic E-state index is -0.0761. The van der Waals surface area contributed by atoms with Gasteiger partial charge < -0.3 is 9.88 Å². The smallest absolute Gasteiger partial charge is 0.220 e. The molecular weight excluding hydrogens is 586 g/mol. The summed E-state index contributed by atoms with van der Waals surface area (Å²) < 4.78 is 2.42. The van der Waals surface area contributed by atoms with Crippen molar-refractivity contribution in [2.75, 3.05) is 6.54 Å². The molecule has 0 radical (unpaired) electrons. The van der Waals surface area contributed by atoms with E-state index in [1.54, 1.807) is 0 Å². The molecular formula is C39H53N5O3. The number of amides is 1. The molecule has 0 saturated carbocycles. The fourth-order valence-electron chi connectivity index (χ4n) is 7.74.